The number of hydrogen-bond acceptors (Lipinski definition) is 5. The Labute approximate surface area is 119 Å². The fourth-order valence-corrected chi connectivity index (χ4v) is 2.84. The molecule has 102 valence electrons. The molecular weight excluding hydrogens is 311 g/mol. The fourth-order valence-electron chi connectivity index (χ4n) is 1.65. The summed E-state index contributed by atoms with van der Waals surface area (Å²) >= 11 is 6.03. The van der Waals surface area contributed by atoms with Crippen LogP contribution >= 0.6 is 22.3 Å². The van der Waals surface area contributed by atoms with Crippen LogP contribution < -0.4 is 0 Å². The van der Waals surface area contributed by atoms with E-state index in [4.69, 9.17) is 22.3 Å². The maximum absolute atomic E-state index is 11.5. The first-order chi connectivity index (χ1) is 8.82. The third-order valence-corrected chi connectivity index (χ3v) is 3.84. The molecule has 0 saturated heterocycles. The SMILES string of the molecule is CC(C)n1c(-c2ccncc2Cl)nnc1S(=O)(=O)Cl. The molecule has 0 aliphatic carbocycles. The standard InChI is InChI=1S/C10H10Cl2N4O2S/c1-6(2)16-9(7-3-4-13-5-8(7)11)14-15-10(16)19(12,17)18/h3-6H,1-2H3. The molecule has 0 bridgehead atoms. The zero-order chi connectivity index (χ0) is 14.2. The van der Waals surface area contributed by atoms with Crippen LogP contribution in [0.2, 0.25) is 5.02 Å². The number of pyridine rings is 1. The van der Waals surface area contributed by atoms with Crippen molar-refractivity contribution in [3.05, 3.63) is 23.5 Å². The summed E-state index contributed by atoms with van der Waals surface area (Å²) < 4.78 is 24.4. The zero-order valence-electron chi connectivity index (χ0n) is 10.1. The molecule has 0 fully saturated rings. The molecule has 2 aromatic rings. The van der Waals surface area contributed by atoms with Crippen molar-refractivity contribution in [2.75, 3.05) is 0 Å². The Morgan fingerprint density at radius 1 is 1.32 bits per heavy atom. The van der Waals surface area contributed by atoms with E-state index in [1.807, 2.05) is 0 Å². The number of halogens is 2. The quantitative estimate of drug-likeness (QED) is 0.812. The number of nitrogens with zero attached hydrogens (tertiary/aromatic N) is 4. The lowest BCUT2D eigenvalue weighted by Crippen LogP contribution is -2.10. The summed E-state index contributed by atoms with van der Waals surface area (Å²) in [6.07, 6.45) is 2.99. The van der Waals surface area contributed by atoms with E-state index in [0.29, 0.717) is 16.4 Å². The maximum Gasteiger partial charge on any atom is 0.296 e. The first kappa shape index (κ1) is 14.2. The van der Waals surface area contributed by atoms with Crippen LogP contribution in [0.25, 0.3) is 11.4 Å². The molecule has 0 atom stereocenters. The molecule has 6 nitrogen and oxygen atoms in total. The van der Waals surface area contributed by atoms with Crippen molar-refractivity contribution in [2.45, 2.75) is 25.0 Å². The van der Waals surface area contributed by atoms with Crippen LogP contribution in [0.3, 0.4) is 0 Å². The van der Waals surface area contributed by atoms with Gasteiger partial charge in [-0.25, -0.2) is 8.42 Å². The Morgan fingerprint density at radius 3 is 2.53 bits per heavy atom. The molecule has 19 heavy (non-hydrogen) atoms. The van der Waals surface area contributed by atoms with Gasteiger partial charge in [0.05, 0.1) is 5.02 Å². The summed E-state index contributed by atoms with van der Waals surface area (Å²) in [4.78, 5) is 3.87. The van der Waals surface area contributed by atoms with Gasteiger partial charge in [-0.1, -0.05) is 11.6 Å². The monoisotopic (exact) mass is 320 g/mol. The van der Waals surface area contributed by atoms with Crippen LogP contribution in [0.4, 0.5) is 0 Å². The Bertz CT molecular complexity index is 712. The lowest BCUT2D eigenvalue weighted by molar-refractivity contribution is 0.530. The molecule has 0 unspecified atom stereocenters. The van der Waals surface area contributed by atoms with Gasteiger partial charge in [0.1, 0.15) is 0 Å². The molecule has 0 amide bonds. The molecule has 0 N–H and O–H groups in total. The lowest BCUT2D eigenvalue weighted by atomic mass is 10.2. The van der Waals surface area contributed by atoms with Crippen LogP contribution in [0.5, 0.6) is 0 Å². The van der Waals surface area contributed by atoms with E-state index >= 15 is 0 Å². The van der Waals surface area contributed by atoms with Gasteiger partial charge in [-0.05, 0) is 19.9 Å². The summed E-state index contributed by atoms with van der Waals surface area (Å²) in [6, 6.07) is 1.44. The third-order valence-electron chi connectivity index (χ3n) is 2.41. The minimum atomic E-state index is -3.98. The van der Waals surface area contributed by atoms with E-state index < -0.39 is 9.05 Å². The second-order valence-corrected chi connectivity index (χ2v) is 6.93. The van der Waals surface area contributed by atoms with Gasteiger partial charge in [0.25, 0.3) is 14.2 Å². The molecule has 2 aromatic heterocycles. The van der Waals surface area contributed by atoms with Gasteiger partial charge in [-0.2, -0.15) is 0 Å². The molecule has 0 aliphatic rings. The molecule has 2 rings (SSSR count). The maximum atomic E-state index is 11.5. The van der Waals surface area contributed by atoms with Gasteiger partial charge in [0.2, 0.25) is 0 Å². The second-order valence-electron chi connectivity index (χ2n) is 4.06. The van der Waals surface area contributed by atoms with Crippen molar-refractivity contribution in [2.24, 2.45) is 0 Å². The van der Waals surface area contributed by atoms with E-state index in [1.54, 1.807) is 19.9 Å². The number of aromatic nitrogens is 4. The van der Waals surface area contributed by atoms with E-state index in [9.17, 15) is 8.42 Å². The Balaban J connectivity index is 2.74. The molecule has 0 saturated carbocycles. The Kier molecular flexibility index (Phi) is 3.80. The zero-order valence-corrected chi connectivity index (χ0v) is 12.4. The Hall–Kier alpha value is -1.18. The molecule has 0 radical (unpaired) electrons. The summed E-state index contributed by atoms with van der Waals surface area (Å²) in [6.45, 7) is 3.60. The molecule has 0 aromatic carbocycles. The minimum Gasteiger partial charge on any atom is -0.294 e. The average Bonchev–Trinajstić information content (AvgIpc) is 2.73. The lowest BCUT2D eigenvalue weighted by Gasteiger charge is -2.12. The largest absolute Gasteiger partial charge is 0.296 e. The normalized spacial score (nSPS) is 12.1. The van der Waals surface area contributed by atoms with Crippen LogP contribution in [0, 0.1) is 0 Å². The Morgan fingerprint density at radius 2 is 2.00 bits per heavy atom. The van der Waals surface area contributed by atoms with Crippen molar-refractivity contribution in [3.63, 3.8) is 0 Å². The first-order valence-electron chi connectivity index (χ1n) is 5.32. The van der Waals surface area contributed by atoms with Gasteiger partial charge in [0.15, 0.2) is 5.82 Å². The highest BCUT2D eigenvalue weighted by Gasteiger charge is 2.25. The summed E-state index contributed by atoms with van der Waals surface area (Å²) in [7, 11) is 1.38. The van der Waals surface area contributed by atoms with Crippen molar-refractivity contribution in [3.8, 4) is 11.4 Å². The van der Waals surface area contributed by atoms with Crippen molar-refractivity contribution >= 4 is 31.3 Å². The van der Waals surface area contributed by atoms with E-state index in [2.05, 4.69) is 15.2 Å². The molecule has 0 spiro atoms. The van der Waals surface area contributed by atoms with Gasteiger partial charge >= 0.3 is 0 Å². The highest BCUT2D eigenvalue weighted by molar-refractivity contribution is 8.13. The van der Waals surface area contributed by atoms with Crippen LogP contribution in [0.15, 0.2) is 23.6 Å². The number of hydrogen-bond donors (Lipinski definition) is 0. The highest BCUT2D eigenvalue weighted by atomic mass is 35.7. The van der Waals surface area contributed by atoms with E-state index in [1.165, 1.54) is 17.0 Å². The summed E-state index contributed by atoms with van der Waals surface area (Å²) in [5.74, 6) is 0.335. The number of rotatable bonds is 3. The highest BCUT2D eigenvalue weighted by Crippen LogP contribution is 2.30. The predicted octanol–water partition coefficient (Wildman–Crippen LogP) is 2.50. The fraction of sp³-hybridized carbons (Fsp3) is 0.300. The van der Waals surface area contributed by atoms with Gasteiger partial charge in [-0.15, -0.1) is 10.2 Å². The van der Waals surface area contributed by atoms with E-state index in [-0.39, 0.29) is 11.2 Å². The third kappa shape index (κ3) is 2.72. The van der Waals surface area contributed by atoms with Crippen LogP contribution in [0.1, 0.15) is 19.9 Å². The van der Waals surface area contributed by atoms with Crippen molar-refractivity contribution in [1.82, 2.24) is 19.7 Å². The van der Waals surface area contributed by atoms with Crippen LogP contribution in [-0.4, -0.2) is 28.2 Å². The smallest absolute Gasteiger partial charge is 0.294 e. The summed E-state index contributed by atoms with van der Waals surface area (Å²) in [5, 5.41) is 7.57. The second kappa shape index (κ2) is 5.07. The van der Waals surface area contributed by atoms with E-state index in [0.717, 1.165) is 0 Å². The van der Waals surface area contributed by atoms with Gasteiger partial charge in [-0.3, -0.25) is 9.55 Å². The van der Waals surface area contributed by atoms with Crippen molar-refractivity contribution < 1.29 is 8.42 Å². The minimum absolute atomic E-state index is 0.197. The average molecular weight is 321 g/mol. The van der Waals surface area contributed by atoms with Gasteiger partial charge in [0, 0.05) is 34.7 Å². The van der Waals surface area contributed by atoms with Crippen molar-refractivity contribution in [1.29, 1.82) is 0 Å². The first-order valence-corrected chi connectivity index (χ1v) is 8.00. The van der Waals surface area contributed by atoms with Gasteiger partial charge < -0.3 is 0 Å². The van der Waals surface area contributed by atoms with Crippen LogP contribution in [-0.2, 0) is 9.05 Å². The molecular formula is C10H10Cl2N4O2S. The molecule has 9 heteroatoms. The molecule has 0 aliphatic heterocycles. The topological polar surface area (TPSA) is 77.7 Å². The molecule has 2 heterocycles. The predicted molar refractivity (Wildman–Crippen MR) is 71.7 cm³/mol. The summed E-state index contributed by atoms with van der Waals surface area (Å²) in [5.41, 5.74) is 0.546.